The first-order valence-electron chi connectivity index (χ1n) is 6.93. The molecule has 1 saturated heterocycles. The molecule has 0 radical (unpaired) electrons. The molecule has 2 aliphatic rings. The topological polar surface area (TPSA) is 41.1 Å². The van der Waals surface area contributed by atoms with Crippen LogP contribution in [0.25, 0.3) is 0 Å². The third-order valence-corrected chi connectivity index (χ3v) is 4.40. The van der Waals surface area contributed by atoms with Crippen LogP contribution in [0.15, 0.2) is 30.3 Å². The minimum Gasteiger partial charge on any atom is -0.344 e. The lowest BCUT2D eigenvalue weighted by atomic mass is 9.71. The molecule has 2 N–H and O–H groups in total. The number of nitrogens with one attached hydrogen (secondary N) is 2. The SMILES string of the molecule is O=C(NC1(c2ccccc2)CCC1)C1(F)CCNC1. The van der Waals surface area contributed by atoms with E-state index in [9.17, 15) is 9.18 Å². The van der Waals surface area contributed by atoms with Gasteiger partial charge in [-0.25, -0.2) is 4.39 Å². The number of alkyl halides is 1. The molecule has 1 unspecified atom stereocenters. The highest BCUT2D eigenvalue weighted by Gasteiger charge is 2.47. The number of benzene rings is 1. The Hall–Kier alpha value is -1.42. The van der Waals surface area contributed by atoms with Crippen molar-refractivity contribution in [2.24, 2.45) is 0 Å². The van der Waals surface area contributed by atoms with Crippen molar-refractivity contribution in [3.8, 4) is 0 Å². The van der Waals surface area contributed by atoms with Crippen molar-refractivity contribution in [3.05, 3.63) is 35.9 Å². The van der Waals surface area contributed by atoms with E-state index >= 15 is 0 Å². The Labute approximate surface area is 112 Å². The van der Waals surface area contributed by atoms with Crippen LogP contribution in [0.3, 0.4) is 0 Å². The summed E-state index contributed by atoms with van der Waals surface area (Å²) in [6.07, 6.45) is 3.13. The Morgan fingerprint density at radius 2 is 1.95 bits per heavy atom. The van der Waals surface area contributed by atoms with Crippen molar-refractivity contribution >= 4 is 5.91 Å². The van der Waals surface area contributed by atoms with Crippen molar-refractivity contribution in [2.45, 2.75) is 36.9 Å². The maximum atomic E-state index is 14.4. The van der Waals surface area contributed by atoms with Gasteiger partial charge >= 0.3 is 0 Å². The van der Waals surface area contributed by atoms with Crippen LogP contribution in [-0.4, -0.2) is 24.7 Å². The fourth-order valence-corrected chi connectivity index (χ4v) is 2.96. The average molecular weight is 262 g/mol. The summed E-state index contributed by atoms with van der Waals surface area (Å²) in [5, 5.41) is 5.89. The maximum Gasteiger partial charge on any atom is 0.259 e. The Morgan fingerprint density at radius 3 is 2.47 bits per heavy atom. The molecule has 4 heteroatoms. The molecular weight excluding hydrogens is 243 g/mol. The Kier molecular flexibility index (Phi) is 3.05. The van der Waals surface area contributed by atoms with E-state index in [0.717, 1.165) is 24.8 Å². The summed E-state index contributed by atoms with van der Waals surface area (Å²) in [5.41, 5.74) is -0.999. The highest BCUT2D eigenvalue weighted by atomic mass is 19.1. The molecule has 102 valence electrons. The van der Waals surface area contributed by atoms with Crippen LogP contribution >= 0.6 is 0 Å². The van der Waals surface area contributed by atoms with Crippen molar-refractivity contribution in [1.82, 2.24) is 10.6 Å². The van der Waals surface area contributed by atoms with Crippen LogP contribution in [-0.2, 0) is 10.3 Å². The van der Waals surface area contributed by atoms with Gasteiger partial charge in [0.15, 0.2) is 0 Å². The van der Waals surface area contributed by atoms with E-state index in [2.05, 4.69) is 10.6 Å². The van der Waals surface area contributed by atoms with Gasteiger partial charge in [0.05, 0.1) is 5.54 Å². The molecule has 1 atom stereocenters. The third kappa shape index (κ3) is 2.14. The Morgan fingerprint density at radius 1 is 1.21 bits per heavy atom. The minimum atomic E-state index is -1.74. The zero-order chi connectivity index (χ0) is 13.3. The van der Waals surface area contributed by atoms with Crippen molar-refractivity contribution in [3.63, 3.8) is 0 Å². The van der Waals surface area contributed by atoms with Crippen molar-refractivity contribution in [1.29, 1.82) is 0 Å². The first kappa shape index (κ1) is 12.6. The van der Waals surface area contributed by atoms with Gasteiger partial charge in [0, 0.05) is 13.0 Å². The molecule has 2 fully saturated rings. The summed E-state index contributed by atoms with van der Waals surface area (Å²) in [7, 11) is 0. The van der Waals surface area contributed by atoms with Crippen LogP contribution < -0.4 is 10.6 Å². The molecule has 3 nitrogen and oxygen atoms in total. The summed E-state index contributed by atoms with van der Waals surface area (Å²) >= 11 is 0. The molecule has 19 heavy (non-hydrogen) atoms. The van der Waals surface area contributed by atoms with E-state index in [0.29, 0.717) is 6.54 Å². The summed E-state index contributed by atoms with van der Waals surface area (Å²) in [6, 6.07) is 9.90. The number of hydrogen-bond acceptors (Lipinski definition) is 2. The number of amides is 1. The second-order valence-electron chi connectivity index (χ2n) is 5.65. The summed E-state index contributed by atoms with van der Waals surface area (Å²) in [6.45, 7) is 0.700. The predicted octanol–water partition coefficient (Wildman–Crippen LogP) is 1.88. The van der Waals surface area contributed by atoms with Gasteiger partial charge < -0.3 is 10.6 Å². The molecule has 1 aromatic rings. The number of rotatable bonds is 3. The van der Waals surface area contributed by atoms with Gasteiger partial charge in [-0.1, -0.05) is 30.3 Å². The van der Waals surface area contributed by atoms with Crippen LogP contribution in [0.5, 0.6) is 0 Å². The molecular formula is C15H19FN2O. The Balaban J connectivity index is 1.79. The van der Waals surface area contributed by atoms with E-state index in [1.54, 1.807) is 0 Å². The number of halogens is 1. The smallest absolute Gasteiger partial charge is 0.259 e. The van der Waals surface area contributed by atoms with Gasteiger partial charge in [-0.2, -0.15) is 0 Å². The normalized spacial score (nSPS) is 28.7. The zero-order valence-corrected chi connectivity index (χ0v) is 10.9. The highest BCUT2D eigenvalue weighted by molar-refractivity contribution is 5.86. The first-order valence-corrected chi connectivity index (χ1v) is 6.93. The molecule has 0 spiro atoms. The van der Waals surface area contributed by atoms with Gasteiger partial charge in [0.1, 0.15) is 0 Å². The van der Waals surface area contributed by atoms with Gasteiger partial charge in [-0.15, -0.1) is 0 Å². The van der Waals surface area contributed by atoms with E-state index in [1.807, 2.05) is 30.3 Å². The van der Waals surface area contributed by atoms with Crippen LogP contribution in [0.2, 0.25) is 0 Å². The largest absolute Gasteiger partial charge is 0.344 e. The molecule has 0 aromatic heterocycles. The second-order valence-corrected chi connectivity index (χ2v) is 5.65. The van der Waals surface area contributed by atoms with Crippen molar-refractivity contribution < 1.29 is 9.18 Å². The standard InChI is InChI=1S/C15H19FN2O/c16-14(9-10-17-11-14)13(19)18-15(7-4-8-15)12-5-2-1-3-6-12/h1-3,5-6,17H,4,7-11H2,(H,18,19). The van der Waals surface area contributed by atoms with E-state index in [1.165, 1.54) is 0 Å². The monoisotopic (exact) mass is 262 g/mol. The first-order chi connectivity index (χ1) is 9.15. The lowest BCUT2D eigenvalue weighted by Gasteiger charge is -2.44. The van der Waals surface area contributed by atoms with Gasteiger partial charge in [0.2, 0.25) is 5.67 Å². The summed E-state index contributed by atoms with van der Waals surface area (Å²) in [4.78, 5) is 12.2. The second kappa shape index (κ2) is 4.60. The van der Waals surface area contributed by atoms with Crippen LogP contribution in [0, 0.1) is 0 Å². The van der Waals surface area contributed by atoms with E-state index in [4.69, 9.17) is 0 Å². The fourth-order valence-electron chi connectivity index (χ4n) is 2.96. The molecule has 3 rings (SSSR count). The summed E-state index contributed by atoms with van der Waals surface area (Å²) in [5.74, 6) is -0.457. The molecule has 1 heterocycles. The van der Waals surface area contributed by atoms with E-state index < -0.39 is 11.6 Å². The van der Waals surface area contributed by atoms with Gasteiger partial charge in [-0.3, -0.25) is 4.79 Å². The fraction of sp³-hybridized carbons (Fsp3) is 0.533. The average Bonchev–Trinajstić information content (AvgIpc) is 2.83. The molecule has 1 amide bonds. The highest BCUT2D eigenvalue weighted by Crippen LogP contribution is 2.41. The zero-order valence-electron chi connectivity index (χ0n) is 10.9. The minimum absolute atomic E-state index is 0.129. The lowest BCUT2D eigenvalue weighted by Crippen LogP contribution is -2.57. The molecule has 1 aliphatic heterocycles. The predicted molar refractivity (Wildman–Crippen MR) is 71.4 cm³/mol. The number of hydrogen-bond donors (Lipinski definition) is 2. The van der Waals surface area contributed by atoms with Crippen molar-refractivity contribution in [2.75, 3.05) is 13.1 Å². The van der Waals surface area contributed by atoms with E-state index in [-0.39, 0.29) is 18.5 Å². The summed E-state index contributed by atoms with van der Waals surface area (Å²) < 4.78 is 14.4. The van der Waals surface area contributed by atoms with Gasteiger partial charge in [-0.05, 0) is 31.4 Å². The molecule has 0 bridgehead atoms. The Bertz CT molecular complexity index is 464. The van der Waals surface area contributed by atoms with Crippen LogP contribution in [0.1, 0.15) is 31.2 Å². The molecule has 1 aliphatic carbocycles. The molecule has 1 aromatic carbocycles. The maximum absolute atomic E-state index is 14.4. The van der Waals surface area contributed by atoms with Gasteiger partial charge in [0.25, 0.3) is 5.91 Å². The lowest BCUT2D eigenvalue weighted by molar-refractivity contribution is -0.135. The van der Waals surface area contributed by atoms with Crippen LogP contribution in [0.4, 0.5) is 4.39 Å². The molecule has 1 saturated carbocycles. The quantitative estimate of drug-likeness (QED) is 0.873. The number of carbonyl (C=O) groups is 1. The number of carbonyl (C=O) groups excluding carboxylic acids is 1. The third-order valence-electron chi connectivity index (χ3n) is 4.40.